The summed E-state index contributed by atoms with van der Waals surface area (Å²) in [5.41, 5.74) is 0. The quantitative estimate of drug-likeness (QED) is 0.600. The van der Waals surface area contributed by atoms with E-state index in [1.165, 1.54) is 38.5 Å². The summed E-state index contributed by atoms with van der Waals surface area (Å²) in [6.45, 7) is 8.70. The summed E-state index contributed by atoms with van der Waals surface area (Å²) >= 11 is 1.90. The Morgan fingerprint density at radius 2 is 1.73 bits per heavy atom. The van der Waals surface area contributed by atoms with Gasteiger partial charge >= 0.3 is 0 Å². The van der Waals surface area contributed by atoms with E-state index in [0.717, 1.165) is 5.75 Å². The molecule has 0 aromatic rings. The van der Waals surface area contributed by atoms with Crippen LogP contribution in [0.25, 0.3) is 0 Å². The van der Waals surface area contributed by atoms with Crippen LogP contribution in [0, 0.1) is 0 Å². The summed E-state index contributed by atoms with van der Waals surface area (Å²) in [5, 5.41) is 9.24. The highest BCUT2D eigenvalue weighted by Gasteiger charge is 2.18. The predicted molar refractivity (Wildman–Crippen MR) is 71.6 cm³/mol. The second-order valence-electron chi connectivity index (χ2n) is 5.08. The van der Waals surface area contributed by atoms with Crippen LogP contribution in [0.3, 0.4) is 0 Å². The first-order chi connectivity index (χ1) is 6.98. The van der Waals surface area contributed by atoms with Crippen molar-refractivity contribution in [3.63, 3.8) is 0 Å². The van der Waals surface area contributed by atoms with Gasteiger partial charge in [-0.05, 0) is 13.3 Å². The molecule has 92 valence electrons. The largest absolute Gasteiger partial charge is 0.393 e. The molecule has 0 bridgehead atoms. The van der Waals surface area contributed by atoms with Crippen molar-refractivity contribution >= 4 is 11.8 Å². The van der Waals surface area contributed by atoms with E-state index in [0.29, 0.717) is 4.75 Å². The smallest absolute Gasteiger partial charge is 0.0602 e. The Kier molecular flexibility index (Phi) is 8.64. The van der Waals surface area contributed by atoms with Gasteiger partial charge in [0.05, 0.1) is 6.10 Å². The number of rotatable bonds is 9. The van der Waals surface area contributed by atoms with Gasteiger partial charge in [0.2, 0.25) is 0 Å². The van der Waals surface area contributed by atoms with Gasteiger partial charge in [0.25, 0.3) is 0 Å². The van der Waals surface area contributed by atoms with Crippen molar-refractivity contribution < 1.29 is 5.11 Å². The van der Waals surface area contributed by atoms with E-state index in [1.54, 1.807) is 0 Å². The highest BCUT2D eigenvalue weighted by atomic mass is 32.2. The monoisotopic (exact) mass is 232 g/mol. The van der Waals surface area contributed by atoms with Gasteiger partial charge in [-0.25, -0.2) is 0 Å². The van der Waals surface area contributed by atoms with Crippen LogP contribution in [0.1, 0.15) is 66.2 Å². The maximum atomic E-state index is 9.24. The zero-order valence-electron chi connectivity index (χ0n) is 10.9. The van der Waals surface area contributed by atoms with E-state index in [1.807, 2.05) is 18.7 Å². The normalized spacial score (nSPS) is 14.2. The van der Waals surface area contributed by atoms with E-state index in [9.17, 15) is 5.11 Å². The van der Waals surface area contributed by atoms with Crippen molar-refractivity contribution in [2.45, 2.75) is 77.1 Å². The first-order valence-corrected chi connectivity index (χ1v) is 7.28. The summed E-state index contributed by atoms with van der Waals surface area (Å²) in [6, 6.07) is 0. The molecule has 0 aliphatic heterocycles. The molecule has 2 heteroatoms. The summed E-state index contributed by atoms with van der Waals surface area (Å²) in [4.78, 5) is 0. The zero-order valence-corrected chi connectivity index (χ0v) is 11.7. The van der Waals surface area contributed by atoms with Gasteiger partial charge in [-0.1, -0.05) is 52.9 Å². The fourth-order valence-electron chi connectivity index (χ4n) is 1.57. The molecule has 1 atom stereocenters. The Balaban J connectivity index is 3.46. The van der Waals surface area contributed by atoms with Crippen LogP contribution in [-0.2, 0) is 0 Å². The van der Waals surface area contributed by atoms with Crippen LogP contribution in [0.4, 0.5) is 0 Å². The van der Waals surface area contributed by atoms with Crippen molar-refractivity contribution in [3.05, 3.63) is 0 Å². The van der Waals surface area contributed by atoms with Crippen molar-refractivity contribution in [1.29, 1.82) is 0 Å². The third kappa shape index (κ3) is 10.6. The van der Waals surface area contributed by atoms with Crippen molar-refractivity contribution in [2.24, 2.45) is 0 Å². The molecule has 0 aliphatic carbocycles. The Labute approximate surface area is 100 Å². The fraction of sp³-hybridized carbons (Fsp3) is 1.00. The molecule has 0 rings (SSSR count). The second-order valence-corrected chi connectivity index (χ2v) is 6.81. The molecule has 0 saturated heterocycles. The number of hydrogen-bond donors (Lipinski definition) is 1. The van der Waals surface area contributed by atoms with Crippen molar-refractivity contribution in [2.75, 3.05) is 5.75 Å². The van der Waals surface area contributed by atoms with Gasteiger partial charge in [0.15, 0.2) is 0 Å². The number of hydrogen-bond acceptors (Lipinski definition) is 2. The van der Waals surface area contributed by atoms with Crippen LogP contribution in [-0.4, -0.2) is 21.7 Å². The Morgan fingerprint density at radius 3 is 2.27 bits per heavy atom. The van der Waals surface area contributed by atoms with Gasteiger partial charge in [-0.15, -0.1) is 0 Å². The Hall–Kier alpha value is 0.310. The lowest BCUT2D eigenvalue weighted by Gasteiger charge is -2.24. The van der Waals surface area contributed by atoms with Gasteiger partial charge in [0, 0.05) is 10.5 Å². The molecule has 15 heavy (non-hydrogen) atoms. The first-order valence-electron chi connectivity index (χ1n) is 6.30. The van der Waals surface area contributed by atoms with Gasteiger partial charge < -0.3 is 5.11 Å². The highest BCUT2D eigenvalue weighted by molar-refractivity contribution is 8.00. The molecular weight excluding hydrogens is 204 g/mol. The van der Waals surface area contributed by atoms with Gasteiger partial charge in [-0.3, -0.25) is 0 Å². The lowest BCUT2D eigenvalue weighted by molar-refractivity contribution is 0.220. The minimum absolute atomic E-state index is 0.172. The summed E-state index contributed by atoms with van der Waals surface area (Å²) in [5.74, 6) is 0.863. The third-order valence-corrected chi connectivity index (χ3v) is 4.23. The number of aliphatic hydroxyl groups excluding tert-OH is 1. The number of unbranched alkanes of at least 4 members (excludes halogenated alkanes) is 4. The van der Waals surface area contributed by atoms with E-state index < -0.39 is 0 Å². The van der Waals surface area contributed by atoms with E-state index in [-0.39, 0.29) is 6.10 Å². The summed E-state index contributed by atoms with van der Waals surface area (Å²) < 4.78 is 0.337. The van der Waals surface area contributed by atoms with Crippen LogP contribution in [0.15, 0.2) is 0 Å². The molecule has 1 nitrogen and oxygen atoms in total. The maximum absolute atomic E-state index is 9.24. The molecule has 0 fully saturated rings. The van der Waals surface area contributed by atoms with Gasteiger partial charge in [-0.2, -0.15) is 11.8 Å². The van der Waals surface area contributed by atoms with Crippen molar-refractivity contribution in [1.82, 2.24) is 0 Å². The third-order valence-electron chi connectivity index (χ3n) is 2.60. The molecule has 0 saturated carbocycles. The molecule has 0 aliphatic rings. The van der Waals surface area contributed by atoms with E-state index in [4.69, 9.17) is 0 Å². The highest BCUT2D eigenvalue weighted by Crippen LogP contribution is 2.30. The molecule has 0 aromatic carbocycles. The molecule has 0 spiro atoms. The predicted octanol–water partition coefficient (Wildman–Crippen LogP) is 4.24. The van der Waals surface area contributed by atoms with Crippen LogP contribution in [0.5, 0.6) is 0 Å². The van der Waals surface area contributed by atoms with E-state index in [2.05, 4.69) is 20.8 Å². The van der Waals surface area contributed by atoms with Crippen LogP contribution < -0.4 is 0 Å². The molecule has 1 unspecified atom stereocenters. The number of thioether (sulfide) groups is 1. The molecule has 0 radical (unpaired) electrons. The Bertz CT molecular complexity index is 143. The van der Waals surface area contributed by atoms with Gasteiger partial charge in [0.1, 0.15) is 0 Å². The molecular formula is C13H28OS. The van der Waals surface area contributed by atoms with E-state index >= 15 is 0 Å². The zero-order chi connectivity index (χ0) is 11.7. The molecule has 1 N–H and O–H groups in total. The minimum Gasteiger partial charge on any atom is -0.393 e. The second kappa shape index (κ2) is 8.46. The number of aliphatic hydroxyl groups is 1. The fourth-order valence-corrected chi connectivity index (χ4v) is 2.55. The standard InChI is InChI=1S/C13H28OS/c1-5-6-7-8-9-10-13(3,4)15-11-12(2)14/h12,14H,5-11H2,1-4H3. The SMILES string of the molecule is CCCCCCCC(C)(C)SCC(C)O. The average molecular weight is 232 g/mol. The topological polar surface area (TPSA) is 20.2 Å². The Morgan fingerprint density at radius 1 is 1.13 bits per heavy atom. The van der Waals surface area contributed by atoms with Crippen LogP contribution >= 0.6 is 11.8 Å². The summed E-state index contributed by atoms with van der Waals surface area (Å²) in [7, 11) is 0. The average Bonchev–Trinajstić information content (AvgIpc) is 2.15. The molecule has 0 heterocycles. The molecule has 0 aromatic heterocycles. The lowest BCUT2D eigenvalue weighted by Crippen LogP contribution is -2.18. The first kappa shape index (κ1) is 15.3. The molecule has 0 amide bonds. The van der Waals surface area contributed by atoms with Crippen LogP contribution in [0.2, 0.25) is 0 Å². The summed E-state index contributed by atoms with van der Waals surface area (Å²) in [6.07, 6.45) is 7.88. The maximum Gasteiger partial charge on any atom is 0.0602 e. The minimum atomic E-state index is -0.172. The van der Waals surface area contributed by atoms with Crippen molar-refractivity contribution in [3.8, 4) is 0 Å². The lowest BCUT2D eigenvalue weighted by atomic mass is 10.0.